The molecule has 4 heteroatoms. The molecule has 3 nitrogen and oxygen atoms in total. The Morgan fingerprint density at radius 1 is 1.36 bits per heavy atom. The van der Waals surface area contributed by atoms with Crippen LogP contribution in [0.4, 0.5) is 11.5 Å². The molecule has 2 N–H and O–H groups in total. The van der Waals surface area contributed by atoms with Gasteiger partial charge in [0.15, 0.2) is 5.82 Å². The van der Waals surface area contributed by atoms with Gasteiger partial charge < -0.3 is 10.6 Å². The molecule has 0 bridgehead atoms. The van der Waals surface area contributed by atoms with E-state index in [0.29, 0.717) is 0 Å². The van der Waals surface area contributed by atoms with Crippen LogP contribution in [0, 0.1) is 0 Å². The van der Waals surface area contributed by atoms with Gasteiger partial charge in [-0.3, -0.25) is 0 Å². The van der Waals surface area contributed by atoms with E-state index in [2.05, 4.69) is 15.6 Å². The Kier molecular flexibility index (Phi) is 1.58. The summed E-state index contributed by atoms with van der Waals surface area (Å²) in [6.07, 6.45) is 1.70. The minimum Gasteiger partial charge on any atom is -0.379 e. The molecule has 0 spiro atoms. The minimum atomic E-state index is 0.724. The maximum absolute atomic E-state index is 5.90. The van der Waals surface area contributed by atoms with Crippen molar-refractivity contribution in [2.75, 3.05) is 23.7 Å². The molecule has 2 heterocycles. The second-order valence-corrected chi connectivity index (χ2v) is 2.78. The van der Waals surface area contributed by atoms with Gasteiger partial charge in [-0.05, 0) is 6.07 Å². The molecule has 0 radical (unpaired) electrons. The van der Waals surface area contributed by atoms with E-state index >= 15 is 0 Å². The van der Waals surface area contributed by atoms with Crippen molar-refractivity contribution in [1.29, 1.82) is 0 Å². The number of nitrogens with zero attached hydrogens (tertiary/aromatic N) is 1. The fraction of sp³-hybridized carbons (Fsp3) is 0.286. The maximum Gasteiger partial charge on any atom is 0.150 e. The van der Waals surface area contributed by atoms with E-state index in [1.165, 1.54) is 0 Å². The third kappa shape index (κ3) is 1.12. The second kappa shape index (κ2) is 2.58. The number of pyridine rings is 1. The molecule has 1 aliphatic heterocycles. The number of halogens is 1. The van der Waals surface area contributed by atoms with Crippen molar-refractivity contribution in [1.82, 2.24) is 4.98 Å². The molecule has 58 valence electrons. The lowest BCUT2D eigenvalue weighted by Gasteiger charge is -2.19. The number of rotatable bonds is 0. The number of hydrogen-bond acceptors (Lipinski definition) is 3. The Balaban J connectivity index is 2.49. The molecule has 0 aliphatic carbocycles. The summed E-state index contributed by atoms with van der Waals surface area (Å²) in [6, 6.07) is 1.78. The van der Waals surface area contributed by atoms with E-state index in [1.807, 2.05) is 0 Å². The Hall–Kier alpha value is -0.960. The van der Waals surface area contributed by atoms with Gasteiger partial charge >= 0.3 is 0 Å². The lowest BCUT2D eigenvalue weighted by atomic mass is 10.3. The SMILES string of the molecule is Clc1ccnc2c1NCCN2. The van der Waals surface area contributed by atoms with Gasteiger partial charge in [0.2, 0.25) is 0 Å². The molecule has 0 aromatic carbocycles. The van der Waals surface area contributed by atoms with Crippen molar-refractivity contribution in [2.24, 2.45) is 0 Å². The average molecular weight is 170 g/mol. The van der Waals surface area contributed by atoms with Crippen LogP contribution in [0.25, 0.3) is 0 Å². The van der Waals surface area contributed by atoms with E-state index in [9.17, 15) is 0 Å². The van der Waals surface area contributed by atoms with Crippen LogP contribution in [-0.2, 0) is 0 Å². The first kappa shape index (κ1) is 6.73. The standard InChI is InChI=1S/C7H8ClN3/c8-5-1-2-10-7-6(5)9-3-4-11-7/h1-2,9H,3-4H2,(H,10,11). The summed E-state index contributed by atoms with van der Waals surface area (Å²) in [5.41, 5.74) is 0.917. The third-order valence-electron chi connectivity index (χ3n) is 1.62. The van der Waals surface area contributed by atoms with Gasteiger partial charge in [0.05, 0.1) is 10.7 Å². The van der Waals surface area contributed by atoms with Crippen molar-refractivity contribution in [3.63, 3.8) is 0 Å². The lowest BCUT2D eigenvalue weighted by Crippen LogP contribution is -2.21. The molecular formula is C7H8ClN3. The first-order chi connectivity index (χ1) is 5.38. The second-order valence-electron chi connectivity index (χ2n) is 2.37. The van der Waals surface area contributed by atoms with Gasteiger partial charge in [-0.2, -0.15) is 0 Å². The summed E-state index contributed by atoms with van der Waals surface area (Å²) in [4.78, 5) is 4.12. The summed E-state index contributed by atoms with van der Waals surface area (Å²) in [5, 5.41) is 7.04. The zero-order valence-electron chi connectivity index (χ0n) is 5.89. The average Bonchev–Trinajstić information content (AvgIpc) is 2.06. The van der Waals surface area contributed by atoms with Crippen LogP contribution < -0.4 is 10.6 Å². The van der Waals surface area contributed by atoms with E-state index in [1.54, 1.807) is 12.3 Å². The Morgan fingerprint density at radius 2 is 2.18 bits per heavy atom. The first-order valence-corrected chi connectivity index (χ1v) is 3.88. The maximum atomic E-state index is 5.90. The zero-order valence-corrected chi connectivity index (χ0v) is 6.65. The highest BCUT2D eigenvalue weighted by Crippen LogP contribution is 2.29. The summed E-state index contributed by atoms with van der Waals surface area (Å²) in [5.74, 6) is 0.851. The highest BCUT2D eigenvalue weighted by Gasteiger charge is 2.10. The van der Waals surface area contributed by atoms with Crippen LogP contribution in [0.1, 0.15) is 0 Å². The molecule has 1 aromatic rings. The summed E-state index contributed by atoms with van der Waals surface area (Å²) in [6.45, 7) is 1.80. The topological polar surface area (TPSA) is 37.0 Å². The molecule has 1 aromatic heterocycles. The largest absolute Gasteiger partial charge is 0.379 e. The quantitative estimate of drug-likeness (QED) is 0.619. The summed E-state index contributed by atoms with van der Waals surface area (Å²) in [7, 11) is 0. The van der Waals surface area contributed by atoms with E-state index in [4.69, 9.17) is 11.6 Å². The predicted molar refractivity (Wildman–Crippen MR) is 46.2 cm³/mol. The number of nitrogens with one attached hydrogen (secondary N) is 2. The van der Waals surface area contributed by atoms with E-state index < -0.39 is 0 Å². The van der Waals surface area contributed by atoms with Crippen LogP contribution in [0.3, 0.4) is 0 Å². The normalized spacial score (nSPS) is 14.6. The Bertz CT molecular complexity index is 274. The number of hydrogen-bond donors (Lipinski definition) is 2. The van der Waals surface area contributed by atoms with Crippen LogP contribution in [0.2, 0.25) is 5.02 Å². The Morgan fingerprint density at radius 3 is 3.00 bits per heavy atom. The molecule has 0 saturated heterocycles. The Labute approximate surface area is 69.8 Å². The predicted octanol–water partition coefficient (Wildman–Crippen LogP) is 1.57. The molecule has 0 atom stereocenters. The molecule has 1 aliphatic rings. The monoisotopic (exact) mass is 169 g/mol. The highest BCUT2D eigenvalue weighted by atomic mass is 35.5. The van der Waals surface area contributed by atoms with Gasteiger partial charge in [0.1, 0.15) is 0 Å². The van der Waals surface area contributed by atoms with Crippen molar-refractivity contribution < 1.29 is 0 Å². The molecule has 0 fully saturated rings. The van der Waals surface area contributed by atoms with Crippen LogP contribution in [0.5, 0.6) is 0 Å². The first-order valence-electron chi connectivity index (χ1n) is 3.50. The van der Waals surface area contributed by atoms with E-state index in [-0.39, 0.29) is 0 Å². The smallest absolute Gasteiger partial charge is 0.150 e. The van der Waals surface area contributed by atoms with Crippen LogP contribution >= 0.6 is 11.6 Å². The van der Waals surface area contributed by atoms with Gasteiger partial charge in [-0.1, -0.05) is 11.6 Å². The molecular weight excluding hydrogens is 162 g/mol. The van der Waals surface area contributed by atoms with Gasteiger partial charge in [0, 0.05) is 19.3 Å². The fourth-order valence-corrected chi connectivity index (χ4v) is 1.32. The molecule has 0 unspecified atom stereocenters. The molecule has 11 heavy (non-hydrogen) atoms. The molecule has 0 amide bonds. The number of aromatic nitrogens is 1. The summed E-state index contributed by atoms with van der Waals surface area (Å²) >= 11 is 5.90. The van der Waals surface area contributed by atoms with Crippen molar-refractivity contribution in [2.45, 2.75) is 0 Å². The fourth-order valence-electron chi connectivity index (χ4n) is 1.11. The van der Waals surface area contributed by atoms with Gasteiger partial charge in [-0.15, -0.1) is 0 Å². The van der Waals surface area contributed by atoms with Gasteiger partial charge in [-0.25, -0.2) is 4.98 Å². The highest BCUT2D eigenvalue weighted by molar-refractivity contribution is 6.33. The summed E-state index contributed by atoms with van der Waals surface area (Å²) < 4.78 is 0. The van der Waals surface area contributed by atoms with Crippen molar-refractivity contribution in [3.8, 4) is 0 Å². The molecule has 0 saturated carbocycles. The van der Waals surface area contributed by atoms with E-state index in [0.717, 1.165) is 29.6 Å². The lowest BCUT2D eigenvalue weighted by molar-refractivity contribution is 1.02. The van der Waals surface area contributed by atoms with Crippen LogP contribution in [-0.4, -0.2) is 18.1 Å². The van der Waals surface area contributed by atoms with Crippen molar-refractivity contribution >= 4 is 23.1 Å². The van der Waals surface area contributed by atoms with Crippen molar-refractivity contribution in [3.05, 3.63) is 17.3 Å². The number of fused-ring (bicyclic) bond motifs is 1. The molecule has 2 rings (SSSR count). The van der Waals surface area contributed by atoms with Gasteiger partial charge in [0.25, 0.3) is 0 Å². The van der Waals surface area contributed by atoms with Crippen LogP contribution in [0.15, 0.2) is 12.3 Å². The third-order valence-corrected chi connectivity index (χ3v) is 1.93. The zero-order chi connectivity index (χ0) is 7.68. The number of anilines is 2. The minimum absolute atomic E-state index is 0.724.